The molecule has 0 fully saturated rings. The number of hydrogen-bond acceptors (Lipinski definition) is 6. The van der Waals surface area contributed by atoms with Gasteiger partial charge in [-0.1, -0.05) is 19.1 Å². The number of aliphatic hydroxyl groups excluding tert-OH is 1. The molecule has 130 valence electrons. The number of carbonyl (C=O) groups is 1. The summed E-state index contributed by atoms with van der Waals surface area (Å²) in [7, 11) is 0. The van der Waals surface area contributed by atoms with Gasteiger partial charge in [-0.15, -0.1) is 0 Å². The molecule has 1 amide bonds. The van der Waals surface area contributed by atoms with Crippen LogP contribution in [0.5, 0.6) is 5.75 Å². The monoisotopic (exact) mass is 341 g/mol. The van der Waals surface area contributed by atoms with Crippen LogP contribution >= 0.6 is 0 Å². The minimum atomic E-state index is -0.570. The van der Waals surface area contributed by atoms with Gasteiger partial charge in [-0.3, -0.25) is 9.78 Å². The lowest BCUT2D eigenvalue weighted by molar-refractivity contribution is 0.0909. The Morgan fingerprint density at radius 3 is 3.12 bits per heavy atom. The third-order valence-electron chi connectivity index (χ3n) is 3.75. The molecule has 0 bridgehead atoms. The first-order valence-corrected chi connectivity index (χ1v) is 8.03. The number of ether oxygens (including phenoxy) is 1. The van der Waals surface area contributed by atoms with Crippen LogP contribution in [0.15, 0.2) is 47.3 Å². The van der Waals surface area contributed by atoms with E-state index in [1.807, 2.05) is 31.2 Å². The zero-order valence-corrected chi connectivity index (χ0v) is 13.8. The largest absolute Gasteiger partial charge is 0.483 e. The van der Waals surface area contributed by atoms with Crippen molar-refractivity contribution in [2.45, 2.75) is 26.1 Å². The Morgan fingerprint density at radius 1 is 1.40 bits per heavy atom. The van der Waals surface area contributed by atoms with Crippen LogP contribution in [0.3, 0.4) is 0 Å². The highest BCUT2D eigenvalue weighted by Gasteiger charge is 2.14. The maximum absolute atomic E-state index is 11.9. The maximum atomic E-state index is 11.9. The fraction of sp³-hybridized carbons (Fsp3) is 0.278. The molecule has 0 saturated heterocycles. The summed E-state index contributed by atoms with van der Waals surface area (Å²) >= 11 is 0. The molecular formula is C18H19N3O4. The number of oxazole rings is 1. The van der Waals surface area contributed by atoms with Crippen molar-refractivity contribution in [1.29, 1.82) is 0 Å². The molecule has 2 N–H and O–H groups in total. The number of carbonyl (C=O) groups excluding carboxylic acids is 1. The Bertz CT molecular complexity index is 857. The molecule has 2 heterocycles. The minimum absolute atomic E-state index is 0.103. The zero-order valence-electron chi connectivity index (χ0n) is 13.8. The number of rotatable bonds is 7. The van der Waals surface area contributed by atoms with Crippen LogP contribution in [0.2, 0.25) is 0 Å². The van der Waals surface area contributed by atoms with Crippen LogP contribution < -0.4 is 10.1 Å². The summed E-state index contributed by atoms with van der Waals surface area (Å²) in [6, 6.07) is 7.56. The fourth-order valence-corrected chi connectivity index (χ4v) is 2.29. The van der Waals surface area contributed by atoms with Gasteiger partial charge in [-0.2, -0.15) is 0 Å². The molecule has 3 aromatic rings. The standard InChI is InChI=1S/C18H19N3O4/c1-2-13(22)9-20-18(23)15-10-25-17(21-15)11-24-16-5-3-4-12-8-19-7-6-14(12)16/h3-8,10,13,22H,2,9,11H2,1H3,(H,20,23)/t13-/m1/s1. The van der Waals surface area contributed by atoms with Gasteiger partial charge in [0.05, 0.1) is 6.10 Å². The number of aliphatic hydroxyl groups is 1. The van der Waals surface area contributed by atoms with Gasteiger partial charge < -0.3 is 19.6 Å². The molecule has 25 heavy (non-hydrogen) atoms. The van der Waals surface area contributed by atoms with Gasteiger partial charge in [0.2, 0.25) is 5.89 Å². The number of pyridine rings is 1. The average Bonchev–Trinajstić information content (AvgIpc) is 3.13. The van der Waals surface area contributed by atoms with Gasteiger partial charge in [0.1, 0.15) is 12.0 Å². The molecule has 1 atom stereocenters. The van der Waals surface area contributed by atoms with E-state index in [0.717, 1.165) is 10.8 Å². The van der Waals surface area contributed by atoms with Gasteiger partial charge in [0, 0.05) is 29.7 Å². The van der Waals surface area contributed by atoms with Crippen molar-refractivity contribution < 1.29 is 19.1 Å². The lowest BCUT2D eigenvalue weighted by Crippen LogP contribution is -2.31. The van der Waals surface area contributed by atoms with E-state index in [1.165, 1.54) is 6.26 Å². The first-order valence-electron chi connectivity index (χ1n) is 8.03. The first-order chi connectivity index (χ1) is 12.2. The Labute approximate surface area is 144 Å². The number of fused-ring (bicyclic) bond motifs is 1. The lowest BCUT2D eigenvalue weighted by atomic mass is 10.1. The van der Waals surface area contributed by atoms with Crippen LogP contribution in [-0.4, -0.2) is 33.6 Å². The van der Waals surface area contributed by atoms with Crippen molar-refractivity contribution >= 4 is 16.7 Å². The predicted molar refractivity (Wildman–Crippen MR) is 91.2 cm³/mol. The predicted octanol–water partition coefficient (Wildman–Crippen LogP) is 2.30. The Balaban J connectivity index is 1.62. The van der Waals surface area contributed by atoms with E-state index in [9.17, 15) is 9.90 Å². The van der Waals surface area contributed by atoms with Crippen LogP contribution in [0, 0.1) is 0 Å². The molecule has 0 radical (unpaired) electrons. The molecule has 2 aromatic heterocycles. The Morgan fingerprint density at radius 2 is 2.28 bits per heavy atom. The molecule has 7 nitrogen and oxygen atoms in total. The first kappa shape index (κ1) is 16.9. The third-order valence-corrected chi connectivity index (χ3v) is 3.75. The second-order valence-electron chi connectivity index (χ2n) is 5.54. The van der Waals surface area contributed by atoms with Crippen molar-refractivity contribution in [3.8, 4) is 5.75 Å². The number of hydrogen-bond donors (Lipinski definition) is 2. The normalized spacial score (nSPS) is 12.1. The molecule has 1 aromatic carbocycles. The van der Waals surface area contributed by atoms with E-state index in [0.29, 0.717) is 18.1 Å². The Hall–Kier alpha value is -2.93. The third kappa shape index (κ3) is 4.13. The van der Waals surface area contributed by atoms with Gasteiger partial charge >= 0.3 is 0 Å². The van der Waals surface area contributed by atoms with Crippen molar-refractivity contribution in [2.75, 3.05) is 6.54 Å². The highest BCUT2D eigenvalue weighted by Crippen LogP contribution is 2.25. The molecule has 0 aliphatic carbocycles. The lowest BCUT2D eigenvalue weighted by Gasteiger charge is -2.07. The van der Waals surface area contributed by atoms with Crippen molar-refractivity contribution in [1.82, 2.24) is 15.3 Å². The maximum Gasteiger partial charge on any atom is 0.273 e. The summed E-state index contributed by atoms with van der Waals surface area (Å²) in [5, 5.41) is 14.0. The number of amides is 1. The SMILES string of the molecule is CC[C@@H](O)CNC(=O)c1coc(COc2cccc3cnccc23)n1. The van der Waals surface area contributed by atoms with Crippen molar-refractivity contribution in [2.24, 2.45) is 0 Å². The second-order valence-corrected chi connectivity index (χ2v) is 5.54. The summed E-state index contributed by atoms with van der Waals surface area (Å²) in [5.74, 6) is 0.598. The topological polar surface area (TPSA) is 97.5 Å². The molecule has 0 saturated carbocycles. The Kier molecular flexibility index (Phi) is 5.25. The van der Waals surface area contributed by atoms with E-state index < -0.39 is 12.0 Å². The number of benzene rings is 1. The summed E-state index contributed by atoms with van der Waals surface area (Å²) < 4.78 is 11.0. The summed E-state index contributed by atoms with van der Waals surface area (Å²) in [6.07, 6.45) is 4.74. The molecule has 3 rings (SSSR count). The smallest absolute Gasteiger partial charge is 0.273 e. The van der Waals surface area contributed by atoms with Crippen LogP contribution in [0.1, 0.15) is 29.7 Å². The van der Waals surface area contributed by atoms with E-state index in [-0.39, 0.29) is 18.8 Å². The number of nitrogens with zero attached hydrogens (tertiary/aromatic N) is 2. The minimum Gasteiger partial charge on any atom is -0.483 e. The molecule has 0 aliphatic rings. The van der Waals surface area contributed by atoms with Crippen LogP contribution in [-0.2, 0) is 6.61 Å². The van der Waals surface area contributed by atoms with E-state index in [1.54, 1.807) is 12.4 Å². The van der Waals surface area contributed by atoms with Gasteiger partial charge in [-0.05, 0) is 18.6 Å². The van der Waals surface area contributed by atoms with E-state index in [4.69, 9.17) is 9.15 Å². The quantitative estimate of drug-likeness (QED) is 0.684. The number of aromatic nitrogens is 2. The summed E-state index contributed by atoms with van der Waals surface area (Å²) in [6.45, 7) is 2.12. The van der Waals surface area contributed by atoms with Gasteiger partial charge in [0.15, 0.2) is 12.3 Å². The molecule has 0 aliphatic heterocycles. The summed E-state index contributed by atoms with van der Waals surface area (Å²) in [4.78, 5) is 20.1. The molecule has 0 spiro atoms. The van der Waals surface area contributed by atoms with E-state index in [2.05, 4.69) is 15.3 Å². The van der Waals surface area contributed by atoms with Crippen molar-refractivity contribution in [3.05, 3.63) is 54.5 Å². The molecular weight excluding hydrogens is 322 g/mol. The zero-order chi connectivity index (χ0) is 17.6. The van der Waals surface area contributed by atoms with Crippen LogP contribution in [0.25, 0.3) is 10.8 Å². The van der Waals surface area contributed by atoms with Gasteiger partial charge in [0.25, 0.3) is 5.91 Å². The summed E-state index contributed by atoms with van der Waals surface area (Å²) in [5.41, 5.74) is 0.157. The highest BCUT2D eigenvalue weighted by atomic mass is 16.5. The molecule has 0 unspecified atom stereocenters. The second kappa shape index (κ2) is 7.76. The van der Waals surface area contributed by atoms with Crippen LogP contribution in [0.4, 0.5) is 0 Å². The highest BCUT2D eigenvalue weighted by molar-refractivity contribution is 5.91. The number of nitrogens with one attached hydrogen (secondary N) is 1. The van der Waals surface area contributed by atoms with Crippen molar-refractivity contribution in [3.63, 3.8) is 0 Å². The van der Waals surface area contributed by atoms with E-state index >= 15 is 0 Å². The van der Waals surface area contributed by atoms with Gasteiger partial charge in [-0.25, -0.2) is 4.98 Å². The average molecular weight is 341 g/mol. The fourth-order valence-electron chi connectivity index (χ4n) is 2.29. The molecule has 7 heteroatoms.